The SMILES string of the molecule is O=C(Cl)Cc1cccc([N+](=O)[O-])c1[N+](=O)[O-]. The quantitative estimate of drug-likeness (QED) is 0.456. The summed E-state index contributed by atoms with van der Waals surface area (Å²) in [5.41, 5.74) is -1.42. The molecule has 0 saturated heterocycles. The molecule has 0 aromatic heterocycles. The predicted octanol–water partition coefficient (Wildman–Crippen LogP) is 1.81. The van der Waals surface area contributed by atoms with Gasteiger partial charge in [0.05, 0.1) is 16.3 Å². The Morgan fingerprint density at radius 1 is 1.25 bits per heavy atom. The summed E-state index contributed by atoms with van der Waals surface area (Å²) in [7, 11) is 0. The van der Waals surface area contributed by atoms with Crippen LogP contribution in [0.4, 0.5) is 11.4 Å². The molecule has 7 nitrogen and oxygen atoms in total. The van der Waals surface area contributed by atoms with E-state index in [1.54, 1.807) is 0 Å². The van der Waals surface area contributed by atoms with Crippen molar-refractivity contribution in [2.75, 3.05) is 0 Å². The minimum absolute atomic E-state index is 0.0702. The summed E-state index contributed by atoms with van der Waals surface area (Å²) in [5.74, 6) is 0. The average molecular weight is 245 g/mol. The lowest BCUT2D eigenvalue weighted by Crippen LogP contribution is -2.03. The van der Waals surface area contributed by atoms with E-state index >= 15 is 0 Å². The van der Waals surface area contributed by atoms with Crippen molar-refractivity contribution in [3.63, 3.8) is 0 Å². The fourth-order valence-electron chi connectivity index (χ4n) is 1.23. The van der Waals surface area contributed by atoms with E-state index in [-0.39, 0.29) is 5.56 Å². The standard InChI is InChI=1S/C8H5ClN2O5/c9-7(12)4-5-2-1-3-6(10(13)14)8(5)11(15)16/h1-3H,4H2. The van der Waals surface area contributed by atoms with Crippen LogP contribution in [0.3, 0.4) is 0 Å². The fraction of sp³-hybridized carbons (Fsp3) is 0.125. The van der Waals surface area contributed by atoms with Gasteiger partial charge in [-0.1, -0.05) is 12.1 Å². The van der Waals surface area contributed by atoms with E-state index in [1.807, 2.05) is 0 Å². The zero-order valence-corrected chi connectivity index (χ0v) is 8.51. The summed E-state index contributed by atoms with van der Waals surface area (Å²) >= 11 is 5.09. The lowest BCUT2D eigenvalue weighted by Gasteiger charge is -2.00. The maximum absolute atomic E-state index is 10.7. The van der Waals surface area contributed by atoms with Gasteiger partial charge in [-0.05, 0) is 11.6 Å². The molecule has 1 aromatic carbocycles. The smallest absolute Gasteiger partial charge is 0.281 e. The second-order valence-electron chi connectivity index (χ2n) is 2.83. The third-order valence-electron chi connectivity index (χ3n) is 1.81. The molecule has 0 fully saturated rings. The van der Waals surface area contributed by atoms with Crippen molar-refractivity contribution in [2.45, 2.75) is 6.42 Å². The van der Waals surface area contributed by atoms with Crippen molar-refractivity contribution in [3.05, 3.63) is 44.0 Å². The molecule has 0 aliphatic rings. The number of carbonyl (C=O) groups excluding carboxylic acids is 1. The van der Waals surface area contributed by atoms with E-state index in [4.69, 9.17) is 11.6 Å². The molecule has 0 aliphatic carbocycles. The Balaban J connectivity index is 3.38. The van der Waals surface area contributed by atoms with Crippen molar-refractivity contribution in [1.29, 1.82) is 0 Å². The summed E-state index contributed by atoms with van der Waals surface area (Å²) < 4.78 is 0. The van der Waals surface area contributed by atoms with Crippen molar-refractivity contribution >= 4 is 28.2 Å². The highest BCUT2D eigenvalue weighted by Crippen LogP contribution is 2.30. The molecule has 16 heavy (non-hydrogen) atoms. The second kappa shape index (κ2) is 4.67. The first kappa shape index (κ1) is 12.1. The number of rotatable bonds is 4. The third-order valence-corrected chi connectivity index (χ3v) is 1.94. The third kappa shape index (κ3) is 2.51. The van der Waals surface area contributed by atoms with Gasteiger partial charge in [-0.2, -0.15) is 0 Å². The number of halogens is 1. The van der Waals surface area contributed by atoms with Gasteiger partial charge in [0.25, 0.3) is 0 Å². The van der Waals surface area contributed by atoms with Crippen LogP contribution in [0.5, 0.6) is 0 Å². The van der Waals surface area contributed by atoms with Crippen LogP contribution < -0.4 is 0 Å². The fourth-order valence-corrected chi connectivity index (χ4v) is 1.37. The summed E-state index contributed by atoms with van der Waals surface area (Å²) in [5, 5.41) is 20.4. The molecule has 1 rings (SSSR count). The summed E-state index contributed by atoms with van der Waals surface area (Å²) in [6.45, 7) is 0. The molecule has 0 aliphatic heterocycles. The van der Waals surface area contributed by atoms with E-state index in [0.29, 0.717) is 0 Å². The number of benzene rings is 1. The molecule has 0 atom stereocenters. The van der Waals surface area contributed by atoms with Crippen molar-refractivity contribution in [3.8, 4) is 0 Å². The molecular formula is C8H5ClN2O5. The summed E-state index contributed by atoms with van der Waals surface area (Å²) in [6, 6.07) is 3.52. The van der Waals surface area contributed by atoms with Gasteiger partial charge in [0.1, 0.15) is 0 Å². The highest BCUT2D eigenvalue weighted by atomic mass is 35.5. The van der Waals surface area contributed by atoms with Crippen LogP contribution in [-0.2, 0) is 11.2 Å². The topological polar surface area (TPSA) is 103 Å². The number of hydrogen-bond donors (Lipinski definition) is 0. The number of carbonyl (C=O) groups is 1. The first-order valence-electron chi connectivity index (χ1n) is 4.02. The molecular weight excluding hydrogens is 240 g/mol. The van der Waals surface area contributed by atoms with Crippen LogP contribution in [0, 0.1) is 20.2 Å². The normalized spacial score (nSPS) is 9.81. The molecule has 0 spiro atoms. The van der Waals surface area contributed by atoms with Gasteiger partial charge < -0.3 is 0 Å². The molecule has 0 saturated carbocycles. The van der Waals surface area contributed by atoms with Gasteiger partial charge in [-0.15, -0.1) is 0 Å². The molecule has 8 heteroatoms. The zero-order valence-electron chi connectivity index (χ0n) is 7.75. The van der Waals surface area contributed by atoms with Crippen molar-refractivity contribution < 1.29 is 14.6 Å². The lowest BCUT2D eigenvalue weighted by atomic mass is 10.1. The largest absolute Gasteiger partial charge is 0.349 e. The van der Waals surface area contributed by atoms with Crippen molar-refractivity contribution in [2.24, 2.45) is 0 Å². The first-order chi connectivity index (χ1) is 7.43. The number of nitro groups is 2. The van der Waals surface area contributed by atoms with Gasteiger partial charge in [0, 0.05) is 11.6 Å². The maximum atomic E-state index is 10.7. The van der Waals surface area contributed by atoms with Gasteiger partial charge in [-0.25, -0.2) is 0 Å². The lowest BCUT2D eigenvalue weighted by molar-refractivity contribution is -0.422. The van der Waals surface area contributed by atoms with Gasteiger partial charge in [-0.3, -0.25) is 25.0 Å². The zero-order chi connectivity index (χ0) is 12.3. The van der Waals surface area contributed by atoms with E-state index < -0.39 is 32.9 Å². The molecule has 1 aromatic rings. The van der Waals surface area contributed by atoms with Crippen molar-refractivity contribution in [1.82, 2.24) is 0 Å². The van der Waals surface area contributed by atoms with Gasteiger partial charge >= 0.3 is 11.4 Å². The number of nitro benzene ring substituents is 2. The summed E-state index contributed by atoms with van der Waals surface area (Å²) in [4.78, 5) is 30.1. The Hall–Kier alpha value is -2.02. The number of nitrogens with zero attached hydrogens (tertiary/aromatic N) is 2. The molecule has 0 amide bonds. The number of hydrogen-bond acceptors (Lipinski definition) is 5. The predicted molar refractivity (Wildman–Crippen MR) is 54.3 cm³/mol. The molecule has 0 heterocycles. The van der Waals surface area contributed by atoms with Crippen LogP contribution in [0.2, 0.25) is 0 Å². The molecule has 0 unspecified atom stereocenters. The van der Waals surface area contributed by atoms with Gasteiger partial charge in [0.15, 0.2) is 0 Å². The maximum Gasteiger partial charge on any atom is 0.349 e. The van der Waals surface area contributed by atoms with Crippen LogP contribution in [0.25, 0.3) is 0 Å². The van der Waals surface area contributed by atoms with Crippen LogP contribution in [-0.4, -0.2) is 15.1 Å². The molecule has 0 radical (unpaired) electrons. The van der Waals surface area contributed by atoms with Crippen LogP contribution >= 0.6 is 11.6 Å². The molecule has 0 bridgehead atoms. The Kier molecular flexibility index (Phi) is 3.51. The van der Waals surface area contributed by atoms with Crippen LogP contribution in [0.1, 0.15) is 5.56 Å². The summed E-state index contributed by atoms with van der Waals surface area (Å²) in [6.07, 6.45) is -0.417. The molecule has 84 valence electrons. The second-order valence-corrected chi connectivity index (χ2v) is 3.25. The average Bonchev–Trinajstić information content (AvgIpc) is 2.15. The minimum atomic E-state index is -0.896. The van der Waals surface area contributed by atoms with E-state index in [0.717, 1.165) is 6.07 Å². The van der Waals surface area contributed by atoms with E-state index in [2.05, 4.69) is 0 Å². The number of para-hydroxylation sites is 1. The molecule has 0 N–H and O–H groups in total. The van der Waals surface area contributed by atoms with Gasteiger partial charge in [0.2, 0.25) is 5.24 Å². The Labute approximate surface area is 93.9 Å². The van der Waals surface area contributed by atoms with Crippen LogP contribution in [0.15, 0.2) is 18.2 Å². The highest BCUT2D eigenvalue weighted by molar-refractivity contribution is 6.63. The first-order valence-corrected chi connectivity index (χ1v) is 4.40. The van der Waals surface area contributed by atoms with E-state index in [1.165, 1.54) is 12.1 Å². The minimum Gasteiger partial charge on any atom is -0.281 e. The Bertz CT molecular complexity index is 473. The van der Waals surface area contributed by atoms with E-state index in [9.17, 15) is 25.0 Å². The Morgan fingerprint density at radius 2 is 1.88 bits per heavy atom. The highest BCUT2D eigenvalue weighted by Gasteiger charge is 2.28. The monoisotopic (exact) mass is 244 g/mol. The Morgan fingerprint density at radius 3 is 2.31 bits per heavy atom.